The topological polar surface area (TPSA) is 102 Å². The van der Waals surface area contributed by atoms with Crippen LogP contribution in [0.25, 0.3) is 10.8 Å². The lowest BCUT2D eigenvalue weighted by atomic mass is 9.95. The average Bonchev–Trinajstić information content (AvgIpc) is 2.84. The standard InChI is InChI=1S/C25H25N3O5/c1-16-21(10-5-11-22(16)28(31)32)26-24(29)17-7-6-14-27(15-17)25(30)20-12-13-23(33-2)19-9-4-3-8-18(19)20/h3-5,8-13,17H,6-7,14-15H2,1-2H3,(H,26,29). The second kappa shape index (κ2) is 9.28. The van der Waals surface area contributed by atoms with Gasteiger partial charge in [-0.25, -0.2) is 0 Å². The van der Waals surface area contributed by atoms with Gasteiger partial charge in [-0.3, -0.25) is 19.7 Å². The van der Waals surface area contributed by atoms with Crippen molar-refractivity contribution in [1.82, 2.24) is 4.90 Å². The molecule has 1 atom stereocenters. The molecule has 1 unspecified atom stereocenters. The van der Waals surface area contributed by atoms with Gasteiger partial charge >= 0.3 is 0 Å². The molecule has 2 amide bonds. The number of carbonyl (C=O) groups excluding carboxylic acids is 2. The third-order valence-corrected chi connectivity index (χ3v) is 6.17. The molecular weight excluding hydrogens is 422 g/mol. The maximum Gasteiger partial charge on any atom is 0.274 e. The van der Waals surface area contributed by atoms with Gasteiger partial charge in [0.25, 0.3) is 11.6 Å². The quantitative estimate of drug-likeness (QED) is 0.456. The van der Waals surface area contributed by atoms with E-state index in [2.05, 4.69) is 5.32 Å². The van der Waals surface area contributed by atoms with Crippen LogP contribution in [0.2, 0.25) is 0 Å². The molecule has 0 aromatic heterocycles. The number of ether oxygens (including phenoxy) is 1. The fourth-order valence-electron chi connectivity index (χ4n) is 4.37. The van der Waals surface area contributed by atoms with Gasteiger partial charge in [0.15, 0.2) is 0 Å². The summed E-state index contributed by atoms with van der Waals surface area (Å²) in [6.07, 6.45) is 1.35. The SMILES string of the molecule is COc1ccc(C(=O)N2CCCC(C(=O)Nc3cccc([N+](=O)[O-])c3C)C2)c2ccccc12. The van der Waals surface area contributed by atoms with E-state index in [0.29, 0.717) is 48.5 Å². The molecule has 8 nitrogen and oxygen atoms in total. The number of likely N-dealkylation sites (tertiary alicyclic amines) is 1. The molecule has 1 aliphatic heterocycles. The van der Waals surface area contributed by atoms with Crippen LogP contribution in [0.5, 0.6) is 5.75 Å². The van der Waals surface area contributed by atoms with Gasteiger partial charge in [0, 0.05) is 30.1 Å². The number of fused-ring (bicyclic) bond motifs is 1. The fourth-order valence-corrected chi connectivity index (χ4v) is 4.37. The van der Waals surface area contributed by atoms with Gasteiger partial charge in [-0.15, -0.1) is 0 Å². The van der Waals surface area contributed by atoms with E-state index >= 15 is 0 Å². The molecule has 1 saturated heterocycles. The maximum atomic E-state index is 13.4. The van der Waals surface area contributed by atoms with E-state index in [1.54, 1.807) is 43.2 Å². The van der Waals surface area contributed by atoms with E-state index in [1.807, 2.05) is 24.3 Å². The Morgan fingerprint density at radius 1 is 1.09 bits per heavy atom. The van der Waals surface area contributed by atoms with Crippen LogP contribution in [0.3, 0.4) is 0 Å². The summed E-state index contributed by atoms with van der Waals surface area (Å²) in [6, 6.07) is 15.7. The van der Waals surface area contributed by atoms with Crippen molar-refractivity contribution in [2.24, 2.45) is 5.92 Å². The van der Waals surface area contributed by atoms with Gasteiger partial charge in [-0.2, -0.15) is 0 Å². The van der Waals surface area contributed by atoms with Gasteiger partial charge < -0.3 is 15.0 Å². The molecule has 0 aliphatic carbocycles. The Labute approximate surface area is 191 Å². The Balaban J connectivity index is 1.53. The lowest BCUT2D eigenvalue weighted by Crippen LogP contribution is -2.43. The van der Waals surface area contributed by atoms with E-state index < -0.39 is 10.8 Å². The molecule has 1 N–H and O–H groups in total. The van der Waals surface area contributed by atoms with Gasteiger partial charge in [0.1, 0.15) is 5.75 Å². The van der Waals surface area contributed by atoms with E-state index in [1.165, 1.54) is 6.07 Å². The number of nitro groups is 1. The van der Waals surface area contributed by atoms with Gasteiger partial charge in [0.2, 0.25) is 5.91 Å². The summed E-state index contributed by atoms with van der Waals surface area (Å²) in [6.45, 7) is 2.47. The molecular formula is C25H25N3O5. The summed E-state index contributed by atoms with van der Waals surface area (Å²) in [4.78, 5) is 38.8. The van der Waals surface area contributed by atoms with Crippen molar-refractivity contribution in [2.45, 2.75) is 19.8 Å². The van der Waals surface area contributed by atoms with Gasteiger partial charge in [-0.1, -0.05) is 30.3 Å². The first kappa shape index (κ1) is 22.3. The number of piperidine rings is 1. The molecule has 8 heteroatoms. The molecule has 3 aromatic carbocycles. The Bertz CT molecular complexity index is 1240. The predicted octanol–water partition coefficient (Wildman–Crippen LogP) is 4.56. The zero-order valence-electron chi connectivity index (χ0n) is 18.5. The number of benzene rings is 3. The Morgan fingerprint density at radius 3 is 2.58 bits per heavy atom. The average molecular weight is 447 g/mol. The van der Waals surface area contributed by atoms with Crippen LogP contribution < -0.4 is 10.1 Å². The minimum absolute atomic E-state index is 0.0420. The zero-order valence-corrected chi connectivity index (χ0v) is 18.5. The molecule has 1 aliphatic rings. The minimum Gasteiger partial charge on any atom is -0.496 e. The molecule has 0 radical (unpaired) electrons. The van der Waals surface area contributed by atoms with E-state index in [0.717, 1.165) is 10.8 Å². The number of nitrogens with one attached hydrogen (secondary N) is 1. The normalized spacial score (nSPS) is 15.8. The lowest BCUT2D eigenvalue weighted by Gasteiger charge is -2.32. The number of hydrogen-bond acceptors (Lipinski definition) is 5. The van der Waals surface area contributed by atoms with E-state index in [9.17, 15) is 19.7 Å². The highest BCUT2D eigenvalue weighted by Gasteiger charge is 2.30. The highest BCUT2D eigenvalue weighted by atomic mass is 16.6. The third-order valence-electron chi connectivity index (χ3n) is 6.17. The molecule has 3 aromatic rings. The number of nitrogens with zero attached hydrogens (tertiary/aromatic N) is 2. The number of methoxy groups -OCH3 is 1. The molecule has 33 heavy (non-hydrogen) atoms. The number of hydrogen-bond donors (Lipinski definition) is 1. The van der Waals surface area contributed by atoms with Crippen molar-refractivity contribution >= 4 is 34.0 Å². The number of carbonyl (C=O) groups is 2. The monoisotopic (exact) mass is 447 g/mol. The summed E-state index contributed by atoms with van der Waals surface area (Å²) in [7, 11) is 1.60. The summed E-state index contributed by atoms with van der Waals surface area (Å²) >= 11 is 0. The van der Waals surface area contributed by atoms with Crippen LogP contribution in [0, 0.1) is 23.0 Å². The highest BCUT2D eigenvalue weighted by molar-refractivity contribution is 6.08. The third kappa shape index (κ3) is 4.37. The van der Waals surface area contributed by atoms with Crippen molar-refractivity contribution < 1.29 is 19.2 Å². The number of amides is 2. The highest BCUT2D eigenvalue weighted by Crippen LogP contribution is 2.31. The number of rotatable bonds is 5. The summed E-state index contributed by atoms with van der Waals surface area (Å²) in [5.41, 5.74) is 1.35. The Kier molecular flexibility index (Phi) is 6.26. The van der Waals surface area contributed by atoms with Gasteiger partial charge in [-0.05, 0) is 43.4 Å². The minimum atomic E-state index is -0.467. The second-order valence-electron chi connectivity index (χ2n) is 8.15. The van der Waals surface area contributed by atoms with Crippen molar-refractivity contribution in [2.75, 3.05) is 25.5 Å². The largest absolute Gasteiger partial charge is 0.496 e. The first-order valence-corrected chi connectivity index (χ1v) is 10.8. The predicted molar refractivity (Wildman–Crippen MR) is 126 cm³/mol. The Hall–Kier alpha value is -3.94. The van der Waals surface area contributed by atoms with Crippen LogP contribution in [0.15, 0.2) is 54.6 Å². The van der Waals surface area contributed by atoms with Crippen LogP contribution >= 0.6 is 0 Å². The van der Waals surface area contributed by atoms with E-state index in [4.69, 9.17) is 4.74 Å². The van der Waals surface area contributed by atoms with Crippen molar-refractivity contribution in [3.05, 3.63) is 75.8 Å². The van der Waals surface area contributed by atoms with Crippen molar-refractivity contribution in [3.8, 4) is 5.75 Å². The maximum absolute atomic E-state index is 13.4. The van der Waals surface area contributed by atoms with Crippen LogP contribution in [-0.4, -0.2) is 41.8 Å². The summed E-state index contributed by atoms with van der Waals surface area (Å²) in [5, 5.41) is 15.7. The van der Waals surface area contributed by atoms with E-state index in [-0.39, 0.29) is 17.5 Å². The zero-order chi connectivity index (χ0) is 23.5. The van der Waals surface area contributed by atoms with Crippen LogP contribution in [0.4, 0.5) is 11.4 Å². The first-order valence-electron chi connectivity index (χ1n) is 10.8. The fraction of sp³-hybridized carbons (Fsp3) is 0.280. The number of anilines is 1. The molecule has 0 bridgehead atoms. The van der Waals surface area contributed by atoms with Crippen LogP contribution in [0.1, 0.15) is 28.8 Å². The van der Waals surface area contributed by atoms with Gasteiger partial charge in [0.05, 0.1) is 29.2 Å². The smallest absolute Gasteiger partial charge is 0.274 e. The molecule has 0 spiro atoms. The lowest BCUT2D eigenvalue weighted by molar-refractivity contribution is -0.385. The second-order valence-corrected chi connectivity index (χ2v) is 8.15. The Morgan fingerprint density at radius 2 is 1.85 bits per heavy atom. The molecule has 0 saturated carbocycles. The van der Waals surface area contributed by atoms with Crippen molar-refractivity contribution in [3.63, 3.8) is 0 Å². The molecule has 170 valence electrons. The molecule has 1 heterocycles. The summed E-state index contributed by atoms with van der Waals surface area (Å²) < 4.78 is 5.43. The first-order chi connectivity index (χ1) is 15.9. The van der Waals surface area contributed by atoms with Crippen molar-refractivity contribution in [1.29, 1.82) is 0 Å². The summed E-state index contributed by atoms with van der Waals surface area (Å²) in [5.74, 6) is -0.0650. The number of nitro benzene ring substituents is 1. The molecule has 1 fully saturated rings. The molecule has 4 rings (SSSR count). The van der Waals surface area contributed by atoms with Crippen LogP contribution in [-0.2, 0) is 4.79 Å².